The van der Waals surface area contributed by atoms with Gasteiger partial charge >= 0.3 is 0 Å². The lowest BCUT2D eigenvalue weighted by Gasteiger charge is -2.20. The Morgan fingerprint density at radius 2 is 1.82 bits per heavy atom. The van der Waals surface area contributed by atoms with Crippen LogP contribution < -0.4 is 5.32 Å². The fourth-order valence-electron chi connectivity index (χ4n) is 4.74. The Hall–Kier alpha value is -4.79. The van der Waals surface area contributed by atoms with Crippen molar-refractivity contribution in [3.05, 3.63) is 79.7 Å². The molecular weight excluding hydrogens is 474 g/mol. The highest BCUT2D eigenvalue weighted by Crippen LogP contribution is 2.33. The van der Waals surface area contributed by atoms with Crippen LogP contribution in [0.3, 0.4) is 0 Å². The largest absolute Gasteiger partial charge is 0.358 e. The lowest BCUT2D eigenvalue weighted by Crippen LogP contribution is -2.10. The highest BCUT2D eigenvalue weighted by Gasteiger charge is 2.16. The van der Waals surface area contributed by atoms with Crippen molar-refractivity contribution in [1.29, 1.82) is 0 Å². The summed E-state index contributed by atoms with van der Waals surface area (Å²) in [5.74, 6) is 0. The molecule has 3 N–H and O–H groups in total. The summed E-state index contributed by atoms with van der Waals surface area (Å²) in [6, 6.07) is 6.19. The number of nitrogens with one attached hydrogen (secondary N) is 3. The highest BCUT2D eigenvalue weighted by molar-refractivity contribution is 5.98. The van der Waals surface area contributed by atoms with Crippen molar-refractivity contribution in [3.8, 4) is 28.3 Å². The fourth-order valence-corrected chi connectivity index (χ4v) is 4.74. The van der Waals surface area contributed by atoms with E-state index in [2.05, 4.69) is 73.9 Å². The van der Waals surface area contributed by atoms with Crippen molar-refractivity contribution in [2.24, 2.45) is 5.41 Å². The molecule has 0 atom stereocenters. The van der Waals surface area contributed by atoms with Crippen molar-refractivity contribution < 1.29 is 0 Å². The molecule has 0 saturated heterocycles. The van der Waals surface area contributed by atoms with Crippen LogP contribution in [0, 0.1) is 12.3 Å². The first-order valence-corrected chi connectivity index (χ1v) is 12.5. The minimum atomic E-state index is 0.149. The standard InChI is InChI=1S/C29H29N9/c1-17(9-29(3,4)5)34-20-6-19(10-30-11-20)23-8-22-26(13-32-23)36-37-28(22)24-7-21-25(35-24)12-31-14-27(21)38-15-18(2)33-16-38/h6-8,10-16,34-35H,1,9H2,2-5H3,(H,36,37). The normalized spacial score (nSPS) is 11.9. The maximum Gasteiger partial charge on any atom is 0.116 e. The predicted octanol–water partition coefficient (Wildman–Crippen LogP) is 6.42. The Morgan fingerprint density at radius 3 is 2.61 bits per heavy atom. The van der Waals surface area contributed by atoms with E-state index >= 15 is 0 Å². The summed E-state index contributed by atoms with van der Waals surface area (Å²) < 4.78 is 1.98. The lowest BCUT2D eigenvalue weighted by molar-refractivity contribution is 0.411. The van der Waals surface area contributed by atoms with Crippen molar-refractivity contribution in [2.75, 3.05) is 5.32 Å². The second kappa shape index (κ2) is 8.95. The van der Waals surface area contributed by atoms with Crippen LogP contribution in [0.1, 0.15) is 32.9 Å². The third kappa shape index (κ3) is 4.54. The van der Waals surface area contributed by atoms with Crippen molar-refractivity contribution in [2.45, 2.75) is 34.1 Å². The minimum absolute atomic E-state index is 0.149. The maximum atomic E-state index is 4.67. The zero-order chi connectivity index (χ0) is 26.4. The number of nitrogens with zero attached hydrogens (tertiary/aromatic N) is 6. The van der Waals surface area contributed by atoms with Gasteiger partial charge < -0.3 is 14.9 Å². The van der Waals surface area contributed by atoms with E-state index in [1.165, 1.54) is 0 Å². The second-order valence-corrected chi connectivity index (χ2v) is 10.8. The topological polar surface area (TPSA) is 113 Å². The van der Waals surface area contributed by atoms with Crippen molar-refractivity contribution in [3.63, 3.8) is 0 Å². The molecular formula is C29H29N9. The van der Waals surface area contributed by atoms with E-state index in [1.807, 2.05) is 54.6 Å². The molecule has 38 heavy (non-hydrogen) atoms. The highest BCUT2D eigenvalue weighted by atomic mass is 15.1. The molecule has 0 amide bonds. The van der Waals surface area contributed by atoms with Gasteiger partial charge in [0.05, 0.1) is 70.6 Å². The Labute approximate surface area is 220 Å². The molecule has 9 nitrogen and oxygen atoms in total. The molecule has 0 radical (unpaired) electrons. The number of H-pyrrole nitrogens is 2. The molecule has 0 aliphatic heterocycles. The van der Waals surface area contributed by atoms with E-state index < -0.39 is 0 Å². The number of fused-ring (bicyclic) bond motifs is 2. The fraction of sp³-hybridized carbons (Fsp3) is 0.207. The molecule has 6 aromatic rings. The molecule has 0 bridgehead atoms. The van der Waals surface area contributed by atoms with Gasteiger partial charge in [-0.15, -0.1) is 0 Å². The van der Waals surface area contributed by atoms with Crippen LogP contribution in [0.15, 0.2) is 74.0 Å². The number of hydrogen-bond donors (Lipinski definition) is 3. The summed E-state index contributed by atoms with van der Waals surface area (Å²) in [5, 5.41) is 13.1. The van der Waals surface area contributed by atoms with Crippen LogP contribution in [-0.2, 0) is 0 Å². The number of anilines is 1. The molecule has 0 aromatic carbocycles. The molecule has 190 valence electrons. The first-order chi connectivity index (χ1) is 18.2. The van der Waals surface area contributed by atoms with Gasteiger partial charge in [-0.2, -0.15) is 5.10 Å². The number of aromatic amines is 2. The van der Waals surface area contributed by atoms with Gasteiger partial charge in [0.1, 0.15) is 5.69 Å². The molecule has 0 spiro atoms. The SMILES string of the molecule is C=C(CC(C)(C)C)Nc1cncc(-c2cc3c(-c4cc5c(-n6cnc(C)c6)cncc5[nH]4)n[nH]c3cn2)c1. The summed E-state index contributed by atoms with van der Waals surface area (Å²) in [7, 11) is 0. The van der Waals surface area contributed by atoms with E-state index in [0.29, 0.717) is 0 Å². The first-order valence-electron chi connectivity index (χ1n) is 12.5. The summed E-state index contributed by atoms with van der Waals surface area (Å²) in [6.45, 7) is 12.7. The van der Waals surface area contributed by atoms with Gasteiger partial charge in [-0.05, 0) is 37.0 Å². The van der Waals surface area contributed by atoms with E-state index in [4.69, 9.17) is 0 Å². The molecule has 9 heteroatoms. The molecule has 0 aliphatic rings. The van der Waals surface area contributed by atoms with Crippen molar-refractivity contribution in [1.82, 2.24) is 39.7 Å². The smallest absolute Gasteiger partial charge is 0.116 e. The van der Waals surface area contributed by atoms with Gasteiger partial charge in [0.25, 0.3) is 0 Å². The number of aryl methyl sites for hydroxylation is 1. The Kier molecular flexibility index (Phi) is 5.56. The van der Waals surface area contributed by atoms with Gasteiger partial charge in [0, 0.05) is 34.4 Å². The van der Waals surface area contributed by atoms with Gasteiger partial charge in [-0.1, -0.05) is 27.4 Å². The second-order valence-electron chi connectivity index (χ2n) is 10.8. The number of hydrogen-bond acceptors (Lipinski definition) is 6. The van der Waals surface area contributed by atoms with Crippen LogP contribution in [0.5, 0.6) is 0 Å². The average molecular weight is 504 g/mol. The van der Waals surface area contributed by atoms with Crippen LogP contribution in [-0.4, -0.2) is 39.7 Å². The van der Waals surface area contributed by atoms with E-state index in [0.717, 1.165) is 73.6 Å². The number of imidazole rings is 1. The molecule has 0 saturated carbocycles. The molecule has 6 heterocycles. The molecule has 6 aromatic heterocycles. The van der Waals surface area contributed by atoms with E-state index in [1.54, 1.807) is 12.5 Å². The Balaban J connectivity index is 1.36. The molecule has 0 unspecified atom stereocenters. The number of pyridine rings is 3. The van der Waals surface area contributed by atoms with Gasteiger partial charge in [0.2, 0.25) is 0 Å². The zero-order valence-corrected chi connectivity index (χ0v) is 21.9. The molecule has 6 rings (SSSR count). The van der Waals surface area contributed by atoms with Gasteiger partial charge in [-0.25, -0.2) is 4.98 Å². The monoisotopic (exact) mass is 503 g/mol. The van der Waals surface area contributed by atoms with E-state index in [-0.39, 0.29) is 5.41 Å². The summed E-state index contributed by atoms with van der Waals surface area (Å²) in [5.41, 5.74) is 9.09. The van der Waals surface area contributed by atoms with Crippen LogP contribution in [0.2, 0.25) is 0 Å². The Bertz CT molecular complexity index is 1800. The molecule has 0 fully saturated rings. The maximum absolute atomic E-state index is 4.67. The van der Waals surface area contributed by atoms with Crippen LogP contribution in [0.4, 0.5) is 5.69 Å². The average Bonchev–Trinajstić information content (AvgIpc) is 3.60. The van der Waals surface area contributed by atoms with Crippen LogP contribution >= 0.6 is 0 Å². The number of aromatic nitrogens is 8. The van der Waals surface area contributed by atoms with E-state index in [9.17, 15) is 0 Å². The lowest BCUT2D eigenvalue weighted by atomic mass is 9.91. The third-order valence-electron chi connectivity index (χ3n) is 6.32. The molecule has 0 aliphatic carbocycles. The first kappa shape index (κ1) is 23.6. The third-order valence-corrected chi connectivity index (χ3v) is 6.32. The number of rotatable bonds is 6. The van der Waals surface area contributed by atoms with Crippen LogP contribution in [0.25, 0.3) is 50.1 Å². The zero-order valence-electron chi connectivity index (χ0n) is 21.9. The van der Waals surface area contributed by atoms with Gasteiger partial charge in [-0.3, -0.25) is 20.1 Å². The summed E-state index contributed by atoms with van der Waals surface area (Å²) in [6.07, 6.45) is 13.8. The summed E-state index contributed by atoms with van der Waals surface area (Å²) in [4.78, 5) is 21.4. The Morgan fingerprint density at radius 1 is 0.974 bits per heavy atom. The minimum Gasteiger partial charge on any atom is -0.358 e. The van der Waals surface area contributed by atoms with Gasteiger partial charge in [0.15, 0.2) is 0 Å². The summed E-state index contributed by atoms with van der Waals surface area (Å²) >= 11 is 0. The van der Waals surface area contributed by atoms with Crippen molar-refractivity contribution >= 4 is 27.5 Å². The quantitative estimate of drug-likeness (QED) is 0.242. The number of allylic oxidation sites excluding steroid dienone is 1. The predicted molar refractivity (Wildman–Crippen MR) is 151 cm³/mol.